The highest BCUT2D eigenvalue weighted by atomic mass is 19.4. The molecule has 1 heterocycles. The minimum Gasteiger partial charge on any atom is -0.372 e. The van der Waals surface area contributed by atoms with E-state index in [1.807, 2.05) is 6.92 Å². The molecule has 1 aromatic carbocycles. The van der Waals surface area contributed by atoms with Crippen molar-refractivity contribution in [2.75, 3.05) is 18.0 Å². The zero-order chi connectivity index (χ0) is 29.2. The summed E-state index contributed by atoms with van der Waals surface area (Å²) in [6.45, 7) is 5.66. The lowest BCUT2D eigenvalue weighted by molar-refractivity contribution is -0.132. The van der Waals surface area contributed by atoms with Gasteiger partial charge in [0.2, 0.25) is 0 Å². The van der Waals surface area contributed by atoms with Crippen LogP contribution in [0.25, 0.3) is 0 Å². The van der Waals surface area contributed by atoms with Gasteiger partial charge in [-0.05, 0) is 97.1 Å². The molecule has 218 valence electrons. The van der Waals surface area contributed by atoms with Crippen LogP contribution in [0.15, 0.2) is 47.1 Å². The molecule has 0 bridgehead atoms. The number of carbonyl (C=O) groups excluding carboxylic acids is 2. The first-order valence-electron chi connectivity index (χ1n) is 15.1. The lowest BCUT2D eigenvalue weighted by atomic mass is 9.48. The normalized spacial score (nSPS) is 34.8. The van der Waals surface area contributed by atoms with Crippen molar-refractivity contribution >= 4 is 17.3 Å². The first kappa shape index (κ1) is 28.2. The van der Waals surface area contributed by atoms with Crippen LogP contribution in [0.2, 0.25) is 0 Å². The number of Topliss-reactive ketones (excluding diaryl/α,β-unsaturated/α-hetero) is 1. The highest BCUT2D eigenvalue weighted by Crippen LogP contribution is 2.70. The van der Waals surface area contributed by atoms with E-state index in [9.17, 15) is 22.8 Å². The van der Waals surface area contributed by atoms with Gasteiger partial charge in [-0.3, -0.25) is 9.59 Å². The van der Waals surface area contributed by atoms with Crippen LogP contribution in [0.4, 0.5) is 23.2 Å². The van der Waals surface area contributed by atoms with Crippen LogP contribution in [0, 0.1) is 34.5 Å². The number of fused-ring (bicyclic) bond motifs is 4. The molecule has 0 spiro atoms. The lowest BCUT2D eigenvalue weighted by Gasteiger charge is -2.55. The summed E-state index contributed by atoms with van der Waals surface area (Å²) < 4.78 is 56.2. The van der Waals surface area contributed by atoms with Gasteiger partial charge < -0.3 is 4.90 Å². The minimum atomic E-state index is -4.70. The molecule has 4 aliphatic carbocycles. The van der Waals surface area contributed by atoms with Crippen LogP contribution in [0.3, 0.4) is 0 Å². The fraction of sp³-hybridized carbons (Fsp3) is 0.588. The quantitative estimate of drug-likeness (QED) is 0.277. The third-order valence-electron chi connectivity index (χ3n) is 10.9. The van der Waals surface area contributed by atoms with Crippen molar-refractivity contribution in [1.29, 1.82) is 0 Å². The average molecular weight is 568 g/mol. The summed E-state index contributed by atoms with van der Waals surface area (Å²) in [4.78, 5) is 28.3. The molecule has 2 saturated carbocycles. The van der Waals surface area contributed by atoms with Gasteiger partial charge in [0.25, 0.3) is 0 Å². The summed E-state index contributed by atoms with van der Waals surface area (Å²) in [7, 11) is 0. The summed E-state index contributed by atoms with van der Waals surface area (Å²) in [5, 5.41) is 0. The zero-order valence-corrected chi connectivity index (χ0v) is 23.7. The standard InChI is InChI=1S/C34H37F4NO2/c1-3-30(41)33(14-15-34(36,37)38)13-12-28-26-19-29(35)25-18-23(40)10-11-24(25)31(26)27(20-32(28,33)2)21-6-8-22(9-7-21)39-16-4-5-17-39/h6-9,18,26-29H,3-5,10-13,16-17,19-20H2,1-2H3/t26-,27+,28-,29?,32-,33-/m0/s1. The predicted molar refractivity (Wildman–Crippen MR) is 150 cm³/mol. The Morgan fingerprint density at radius 2 is 1.83 bits per heavy atom. The monoisotopic (exact) mass is 567 g/mol. The SMILES string of the molecule is CCC(=O)[C@@]1(C#CC(F)(F)F)CC[C@H]2[C@@H]3CC(F)C4=CC(=O)CCC4=C3[C@@H](c3ccc(N4CCCC4)cc3)C[C@@]21C. The second kappa shape index (κ2) is 10.1. The number of alkyl halides is 4. The van der Waals surface area contributed by atoms with Crippen molar-refractivity contribution in [2.45, 2.75) is 89.9 Å². The van der Waals surface area contributed by atoms with E-state index in [1.165, 1.54) is 12.0 Å². The summed E-state index contributed by atoms with van der Waals surface area (Å²) in [6, 6.07) is 8.43. The molecule has 1 saturated heterocycles. The van der Waals surface area contributed by atoms with E-state index in [4.69, 9.17) is 0 Å². The number of hydrogen-bond donors (Lipinski definition) is 0. The minimum absolute atomic E-state index is 0.0616. The molecule has 3 fully saturated rings. The van der Waals surface area contributed by atoms with E-state index in [1.54, 1.807) is 6.92 Å². The highest BCUT2D eigenvalue weighted by Gasteiger charge is 2.65. The van der Waals surface area contributed by atoms with Crippen molar-refractivity contribution < 1.29 is 27.2 Å². The first-order chi connectivity index (χ1) is 19.5. The largest absolute Gasteiger partial charge is 0.457 e. The third kappa shape index (κ3) is 4.57. The number of allylic oxidation sites excluding steroid dienone is 4. The Hall–Kier alpha value is -2.88. The van der Waals surface area contributed by atoms with Gasteiger partial charge in [0, 0.05) is 43.5 Å². The number of ketones is 2. The van der Waals surface area contributed by atoms with Gasteiger partial charge in [-0.15, -0.1) is 0 Å². The molecule has 7 heteroatoms. The molecule has 6 rings (SSSR count). The number of rotatable bonds is 4. The van der Waals surface area contributed by atoms with Gasteiger partial charge in [-0.2, -0.15) is 13.2 Å². The van der Waals surface area contributed by atoms with Gasteiger partial charge in [0.1, 0.15) is 6.17 Å². The van der Waals surface area contributed by atoms with E-state index >= 15 is 4.39 Å². The van der Waals surface area contributed by atoms with Gasteiger partial charge in [-0.25, -0.2) is 4.39 Å². The third-order valence-corrected chi connectivity index (χ3v) is 10.9. The van der Waals surface area contributed by atoms with E-state index in [-0.39, 0.29) is 48.6 Å². The molecule has 1 aromatic rings. The van der Waals surface area contributed by atoms with Crippen LogP contribution in [-0.4, -0.2) is 37.0 Å². The van der Waals surface area contributed by atoms with Gasteiger partial charge >= 0.3 is 6.18 Å². The van der Waals surface area contributed by atoms with Crippen molar-refractivity contribution in [2.24, 2.45) is 22.7 Å². The van der Waals surface area contributed by atoms with Crippen LogP contribution < -0.4 is 4.90 Å². The predicted octanol–water partition coefficient (Wildman–Crippen LogP) is 7.67. The van der Waals surface area contributed by atoms with E-state index in [2.05, 4.69) is 35.1 Å². The van der Waals surface area contributed by atoms with Gasteiger partial charge in [0.05, 0.1) is 5.41 Å². The average Bonchev–Trinajstić information content (AvgIpc) is 3.58. The first-order valence-corrected chi connectivity index (χ1v) is 15.1. The maximum absolute atomic E-state index is 15.8. The topological polar surface area (TPSA) is 37.4 Å². The lowest BCUT2D eigenvalue weighted by Crippen LogP contribution is -2.51. The Labute approximate surface area is 239 Å². The molecule has 0 N–H and O–H groups in total. The number of benzene rings is 1. The van der Waals surface area contributed by atoms with Gasteiger partial charge in [-0.1, -0.05) is 37.5 Å². The van der Waals surface area contributed by atoms with Crippen molar-refractivity contribution in [1.82, 2.24) is 0 Å². The molecule has 0 aromatic heterocycles. The molecule has 1 aliphatic heterocycles. The van der Waals surface area contributed by atoms with E-state index < -0.39 is 23.2 Å². The Kier molecular flexibility index (Phi) is 6.98. The number of carbonyl (C=O) groups is 2. The maximum atomic E-state index is 15.8. The second-order valence-electron chi connectivity index (χ2n) is 12.8. The molecule has 6 atom stereocenters. The van der Waals surface area contributed by atoms with Crippen LogP contribution in [0.1, 0.15) is 83.1 Å². The molecule has 1 unspecified atom stereocenters. The maximum Gasteiger partial charge on any atom is 0.457 e. The molecule has 5 aliphatic rings. The Morgan fingerprint density at radius 3 is 2.49 bits per heavy atom. The fourth-order valence-corrected chi connectivity index (χ4v) is 9.07. The van der Waals surface area contributed by atoms with Gasteiger partial charge in [0.15, 0.2) is 11.6 Å². The number of hydrogen-bond acceptors (Lipinski definition) is 3. The van der Waals surface area contributed by atoms with Crippen molar-refractivity contribution in [3.8, 4) is 11.8 Å². The molecular weight excluding hydrogens is 530 g/mol. The molecule has 0 amide bonds. The molecule has 3 nitrogen and oxygen atoms in total. The molecule has 0 radical (unpaired) electrons. The summed E-state index contributed by atoms with van der Waals surface area (Å²) >= 11 is 0. The Bertz CT molecular complexity index is 1370. The van der Waals surface area contributed by atoms with Crippen molar-refractivity contribution in [3.63, 3.8) is 0 Å². The number of halogens is 4. The summed E-state index contributed by atoms with van der Waals surface area (Å²) in [6.07, 6.45) is 0.132. The Balaban J connectivity index is 1.51. The van der Waals surface area contributed by atoms with Crippen LogP contribution in [-0.2, 0) is 9.59 Å². The number of nitrogens with zero attached hydrogens (tertiary/aromatic N) is 1. The smallest absolute Gasteiger partial charge is 0.372 e. The zero-order valence-electron chi connectivity index (χ0n) is 23.7. The number of anilines is 1. The van der Waals surface area contributed by atoms with Crippen LogP contribution >= 0.6 is 0 Å². The Morgan fingerprint density at radius 1 is 1.12 bits per heavy atom. The van der Waals surface area contributed by atoms with Crippen molar-refractivity contribution in [3.05, 3.63) is 52.6 Å². The highest BCUT2D eigenvalue weighted by molar-refractivity contribution is 5.93. The second-order valence-corrected chi connectivity index (χ2v) is 12.8. The fourth-order valence-electron chi connectivity index (χ4n) is 9.07. The van der Waals surface area contributed by atoms with E-state index in [0.29, 0.717) is 31.3 Å². The van der Waals surface area contributed by atoms with E-state index in [0.717, 1.165) is 48.3 Å². The summed E-state index contributed by atoms with van der Waals surface area (Å²) in [5.74, 6) is 3.12. The van der Waals surface area contributed by atoms with Crippen LogP contribution in [0.5, 0.6) is 0 Å². The summed E-state index contributed by atoms with van der Waals surface area (Å²) in [5.41, 5.74) is 2.43. The molecular formula is C34H37F4NO2. The molecule has 41 heavy (non-hydrogen) atoms.